The zero-order valence-corrected chi connectivity index (χ0v) is 12.0. The molecule has 1 N–H and O–H groups in total. The van der Waals surface area contributed by atoms with Gasteiger partial charge < -0.3 is 10.2 Å². The van der Waals surface area contributed by atoms with Crippen molar-refractivity contribution in [3.63, 3.8) is 0 Å². The van der Waals surface area contributed by atoms with Gasteiger partial charge in [-0.25, -0.2) is 0 Å². The maximum atomic E-state index is 3.57. The van der Waals surface area contributed by atoms with Gasteiger partial charge in [-0.05, 0) is 45.4 Å². The summed E-state index contributed by atoms with van der Waals surface area (Å²) in [6, 6.07) is 4.90. The molecule has 2 nitrogen and oxygen atoms in total. The van der Waals surface area contributed by atoms with Crippen LogP contribution in [0.5, 0.6) is 0 Å². The fraction of sp³-hybridized carbons (Fsp3) is 0.714. The van der Waals surface area contributed by atoms with Crippen LogP contribution in [-0.2, 0) is 0 Å². The van der Waals surface area contributed by atoms with Crippen molar-refractivity contribution in [2.75, 3.05) is 21.1 Å². The molecule has 0 aliphatic heterocycles. The van der Waals surface area contributed by atoms with Crippen LogP contribution in [0.2, 0.25) is 0 Å². The summed E-state index contributed by atoms with van der Waals surface area (Å²) in [7, 11) is 6.58. The minimum Gasteiger partial charge on any atom is -0.311 e. The summed E-state index contributed by atoms with van der Waals surface area (Å²) in [6.07, 6.45) is 6.74. The molecule has 0 radical (unpaired) electrons. The number of hydrogen-bond acceptors (Lipinski definition) is 3. The second kappa shape index (κ2) is 5.51. The predicted molar refractivity (Wildman–Crippen MR) is 75.6 cm³/mol. The third-order valence-corrected chi connectivity index (χ3v) is 5.20. The van der Waals surface area contributed by atoms with Crippen LogP contribution in [0.15, 0.2) is 17.5 Å². The summed E-state index contributed by atoms with van der Waals surface area (Å²) in [5, 5.41) is 5.75. The quantitative estimate of drug-likeness (QED) is 0.885. The maximum Gasteiger partial charge on any atom is 0.0599 e. The SMILES string of the molecule is CNC(c1cccs1)C1(N(C)C)CCCCC1. The Morgan fingerprint density at radius 1 is 1.29 bits per heavy atom. The summed E-state index contributed by atoms with van der Waals surface area (Å²) < 4.78 is 0. The van der Waals surface area contributed by atoms with Gasteiger partial charge in [-0.3, -0.25) is 0 Å². The Morgan fingerprint density at radius 3 is 2.47 bits per heavy atom. The molecule has 0 spiro atoms. The first-order valence-electron chi connectivity index (χ1n) is 6.59. The minimum absolute atomic E-state index is 0.303. The molecule has 0 saturated heterocycles. The fourth-order valence-corrected chi connectivity index (χ4v) is 4.23. The van der Waals surface area contributed by atoms with Crippen molar-refractivity contribution in [2.45, 2.75) is 43.7 Å². The van der Waals surface area contributed by atoms with Gasteiger partial charge in [-0.2, -0.15) is 0 Å². The number of hydrogen-bond donors (Lipinski definition) is 1. The Hall–Kier alpha value is -0.380. The second-order valence-electron chi connectivity index (χ2n) is 5.30. The number of rotatable bonds is 4. The first-order valence-corrected chi connectivity index (χ1v) is 7.47. The fourth-order valence-electron chi connectivity index (χ4n) is 3.29. The zero-order chi connectivity index (χ0) is 12.3. The maximum absolute atomic E-state index is 3.57. The number of nitrogens with one attached hydrogen (secondary N) is 1. The van der Waals surface area contributed by atoms with Crippen molar-refractivity contribution in [1.29, 1.82) is 0 Å². The van der Waals surface area contributed by atoms with Gasteiger partial charge in [-0.1, -0.05) is 25.3 Å². The van der Waals surface area contributed by atoms with E-state index >= 15 is 0 Å². The topological polar surface area (TPSA) is 15.3 Å². The number of thiophene rings is 1. The Labute approximate surface area is 109 Å². The van der Waals surface area contributed by atoms with Crippen molar-refractivity contribution in [1.82, 2.24) is 10.2 Å². The first kappa shape index (κ1) is 13.1. The van der Waals surface area contributed by atoms with E-state index in [1.165, 1.54) is 37.0 Å². The van der Waals surface area contributed by atoms with Gasteiger partial charge in [0.05, 0.1) is 6.04 Å². The summed E-state index contributed by atoms with van der Waals surface area (Å²) in [5.41, 5.74) is 0.303. The van der Waals surface area contributed by atoms with E-state index in [-0.39, 0.29) is 0 Å². The molecule has 0 aromatic carbocycles. The monoisotopic (exact) mass is 252 g/mol. The summed E-state index contributed by atoms with van der Waals surface area (Å²) in [4.78, 5) is 3.93. The van der Waals surface area contributed by atoms with E-state index in [0.29, 0.717) is 11.6 Å². The van der Waals surface area contributed by atoms with Crippen LogP contribution in [0.3, 0.4) is 0 Å². The van der Waals surface area contributed by atoms with E-state index in [9.17, 15) is 0 Å². The van der Waals surface area contributed by atoms with E-state index in [0.717, 1.165) is 0 Å². The van der Waals surface area contributed by atoms with E-state index in [1.807, 2.05) is 11.3 Å². The molecule has 3 heteroatoms. The van der Waals surface area contributed by atoms with Crippen molar-refractivity contribution in [3.05, 3.63) is 22.4 Å². The average molecular weight is 252 g/mol. The standard InChI is InChI=1S/C14H24N2S/c1-15-13(12-8-7-11-17-12)14(16(2)3)9-5-4-6-10-14/h7-8,11,13,15H,4-6,9-10H2,1-3H3. The van der Waals surface area contributed by atoms with Crippen molar-refractivity contribution >= 4 is 11.3 Å². The van der Waals surface area contributed by atoms with Crippen LogP contribution in [0.25, 0.3) is 0 Å². The normalized spacial score (nSPS) is 21.6. The lowest BCUT2D eigenvalue weighted by Gasteiger charge is -2.48. The highest BCUT2D eigenvalue weighted by atomic mass is 32.1. The number of likely N-dealkylation sites (N-methyl/N-ethyl adjacent to an activating group) is 2. The lowest BCUT2D eigenvalue weighted by molar-refractivity contribution is 0.0607. The molecule has 2 rings (SSSR count). The Balaban J connectivity index is 2.30. The van der Waals surface area contributed by atoms with E-state index < -0.39 is 0 Å². The molecular weight excluding hydrogens is 228 g/mol. The van der Waals surface area contributed by atoms with E-state index in [1.54, 1.807) is 0 Å². The highest BCUT2D eigenvalue weighted by Gasteiger charge is 2.42. The van der Waals surface area contributed by atoms with E-state index in [2.05, 4.69) is 48.9 Å². The average Bonchev–Trinajstić information content (AvgIpc) is 2.84. The minimum atomic E-state index is 0.303. The number of nitrogens with zero attached hydrogens (tertiary/aromatic N) is 1. The highest BCUT2D eigenvalue weighted by molar-refractivity contribution is 7.10. The van der Waals surface area contributed by atoms with Gasteiger partial charge in [0, 0.05) is 10.4 Å². The second-order valence-corrected chi connectivity index (χ2v) is 6.28. The molecule has 1 aromatic heterocycles. The molecule has 0 amide bonds. The molecule has 17 heavy (non-hydrogen) atoms. The Morgan fingerprint density at radius 2 is 2.00 bits per heavy atom. The van der Waals surface area contributed by atoms with Crippen LogP contribution in [0.4, 0.5) is 0 Å². The summed E-state index contributed by atoms with van der Waals surface area (Å²) >= 11 is 1.88. The van der Waals surface area contributed by atoms with Crippen LogP contribution < -0.4 is 5.32 Å². The van der Waals surface area contributed by atoms with Crippen LogP contribution in [0.1, 0.15) is 43.0 Å². The molecule has 96 valence electrons. The van der Waals surface area contributed by atoms with Gasteiger partial charge >= 0.3 is 0 Å². The van der Waals surface area contributed by atoms with Gasteiger partial charge in [0.15, 0.2) is 0 Å². The predicted octanol–water partition coefficient (Wildman–Crippen LogP) is 3.27. The highest BCUT2D eigenvalue weighted by Crippen LogP contribution is 2.42. The molecule has 1 fully saturated rings. The third-order valence-electron chi connectivity index (χ3n) is 4.26. The molecule has 1 atom stereocenters. The third kappa shape index (κ3) is 2.42. The van der Waals surface area contributed by atoms with Crippen LogP contribution in [0, 0.1) is 0 Å². The van der Waals surface area contributed by atoms with Gasteiger partial charge in [0.25, 0.3) is 0 Å². The molecular formula is C14H24N2S. The summed E-state index contributed by atoms with van der Waals surface area (Å²) in [6.45, 7) is 0. The molecule has 1 heterocycles. The van der Waals surface area contributed by atoms with Gasteiger partial charge in [0.2, 0.25) is 0 Å². The summed E-state index contributed by atoms with van der Waals surface area (Å²) in [5.74, 6) is 0. The largest absolute Gasteiger partial charge is 0.311 e. The molecule has 1 aliphatic carbocycles. The molecule has 1 unspecified atom stereocenters. The molecule has 0 bridgehead atoms. The van der Waals surface area contributed by atoms with Crippen molar-refractivity contribution in [2.24, 2.45) is 0 Å². The molecule has 1 aromatic rings. The van der Waals surface area contributed by atoms with Gasteiger partial charge in [-0.15, -0.1) is 11.3 Å². The van der Waals surface area contributed by atoms with Gasteiger partial charge in [0.1, 0.15) is 0 Å². The van der Waals surface area contributed by atoms with E-state index in [4.69, 9.17) is 0 Å². The zero-order valence-electron chi connectivity index (χ0n) is 11.2. The lowest BCUT2D eigenvalue weighted by Crippen LogP contribution is -2.54. The molecule has 1 saturated carbocycles. The molecule has 1 aliphatic rings. The van der Waals surface area contributed by atoms with Crippen LogP contribution in [-0.4, -0.2) is 31.6 Å². The lowest BCUT2D eigenvalue weighted by atomic mass is 9.75. The Bertz CT molecular complexity index is 326. The van der Waals surface area contributed by atoms with Crippen LogP contribution >= 0.6 is 11.3 Å². The Kier molecular flexibility index (Phi) is 4.23. The van der Waals surface area contributed by atoms with Crippen molar-refractivity contribution < 1.29 is 0 Å². The van der Waals surface area contributed by atoms with Crippen molar-refractivity contribution in [3.8, 4) is 0 Å². The smallest absolute Gasteiger partial charge is 0.0599 e. The first-order chi connectivity index (χ1) is 8.20.